The van der Waals surface area contributed by atoms with Crippen LogP contribution in [0.5, 0.6) is 0 Å². The van der Waals surface area contributed by atoms with Gasteiger partial charge in [0.1, 0.15) is 5.82 Å². The van der Waals surface area contributed by atoms with Crippen molar-refractivity contribution in [2.75, 3.05) is 39.2 Å². The molecule has 0 fully saturated rings. The smallest absolute Gasteiger partial charge is 0.140 e. The molecule has 0 bridgehead atoms. The van der Waals surface area contributed by atoms with Crippen LogP contribution in [0.25, 0.3) is 0 Å². The van der Waals surface area contributed by atoms with E-state index in [-0.39, 0.29) is 0 Å². The van der Waals surface area contributed by atoms with Gasteiger partial charge in [-0.05, 0) is 32.1 Å². The maximum atomic E-state index is 6.23. The van der Waals surface area contributed by atoms with Crippen LogP contribution in [-0.4, -0.2) is 48.5 Å². The summed E-state index contributed by atoms with van der Waals surface area (Å²) < 4.78 is 0. The molecule has 5 nitrogen and oxygen atoms in total. The van der Waals surface area contributed by atoms with Crippen molar-refractivity contribution in [2.45, 2.75) is 20.4 Å². The van der Waals surface area contributed by atoms with Crippen LogP contribution in [0.1, 0.15) is 19.5 Å². The molecule has 1 aromatic heterocycles. The number of nitrogens with two attached hydrogens (primary N) is 1. The Kier molecular flexibility index (Phi) is 7.23. The molecule has 0 unspecified atom stereocenters. The van der Waals surface area contributed by atoms with Crippen molar-refractivity contribution in [3.05, 3.63) is 22.8 Å². The number of halogens is 1. The quantitative estimate of drug-likeness (QED) is 0.568. The lowest BCUT2D eigenvalue weighted by Gasteiger charge is -2.26. The Balaban J connectivity index is 2.76. The zero-order chi connectivity index (χ0) is 15.1. The number of aromatic nitrogens is 1. The summed E-state index contributed by atoms with van der Waals surface area (Å²) in [5.74, 6) is 6.65. The number of hydrogen-bond donors (Lipinski definition) is 2. The fraction of sp³-hybridized carbons (Fsp3) is 0.643. The standard InChI is InChI=1S/C14H26ClN5/c1-11(2)9-20(8-7-19(3)4)10-13-12(15)5-6-14(17-13)18-16/h5-6,11H,7-10,16H2,1-4H3,(H,17,18). The van der Waals surface area contributed by atoms with Gasteiger partial charge in [0.2, 0.25) is 0 Å². The highest BCUT2D eigenvalue weighted by Gasteiger charge is 2.12. The van der Waals surface area contributed by atoms with Crippen molar-refractivity contribution in [2.24, 2.45) is 11.8 Å². The summed E-state index contributed by atoms with van der Waals surface area (Å²) in [5.41, 5.74) is 3.42. The zero-order valence-electron chi connectivity index (χ0n) is 12.9. The number of hydrogen-bond acceptors (Lipinski definition) is 5. The van der Waals surface area contributed by atoms with Crippen LogP contribution in [0.2, 0.25) is 5.02 Å². The summed E-state index contributed by atoms with van der Waals surface area (Å²) in [6.45, 7) is 8.19. The van der Waals surface area contributed by atoms with Gasteiger partial charge >= 0.3 is 0 Å². The van der Waals surface area contributed by atoms with E-state index in [1.54, 1.807) is 6.07 Å². The Bertz CT molecular complexity index is 409. The minimum absolute atomic E-state index is 0.603. The first-order chi connectivity index (χ1) is 9.42. The molecule has 20 heavy (non-hydrogen) atoms. The highest BCUT2D eigenvalue weighted by molar-refractivity contribution is 6.31. The average molecular weight is 300 g/mol. The van der Waals surface area contributed by atoms with Crippen LogP contribution in [0.3, 0.4) is 0 Å². The molecule has 1 rings (SSSR count). The molecule has 0 aliphatic rings. The summed E-state index contributed by atoms with van der Waals surface area (Å²) in [5, 5.41) is 0.683. The van der Waals surface area contributed by atoms with Crippen molar-refractivity contribution >= 4 is 17.4 Å². The number of hydrazine groups is 1. The molecular formula is C14H26ClN5. The van der Waals surface area contributed by atoms with E-state index in [9.17, 15) is 0 Å². The van der Waals surface area contributed by atoms with E-state index in [2.05, 4.69) is 48.2 Å². The maximum absolute atomic E-state index is 6.23. The molecule has 114 valence electrons. The molecule has 1 heterocycles. The average Bonchev–Trinajstić information content (AvgIpc) is 2.37. The Hall–Kier alpha value is -0.880. The van der Waals surface area contributed by atoms with Crippen molar-refractivity contribution in [3.63, 3.8) is 0 Å². The lowest BCUT2D eigenvalue weighted by Crippen LogP contribution is -2.34. The van der Waals surface area contributed by atoms with Crippen LogP contribution in [0, 0.1) is 5.92 Å². The van der Waals surface area contributed by atoms with E-state index >= 15 is 0 Å². The molecule has 3 N–H and O–H groups in total. The molecule has 0 saturated carbocycles. The van der Waals surface area contributed by atoms with E-state index in [4.69, 9.17) is 17.4 Å². The van der Waals surface area contributed by atoms with Crippen molar-refractivity contribution in [1.29, 1.82) is 0 Å². The highest BCUT2D eigenvalue weighted by atomic mass is 35.5. The zero-order valence-corrected chi connectivity index (χ0v) is 13.6. The van der Waals surface area contributed by atoms with Crippen molar-refractivity contribution in [3.8, 4) is 0 Å². The number of anilines is 1. The number of nitrogens with one attached hydrogen (secondary N) is 1. The summed E-state index contributed by atoms with van der Waals surface area (Å²) in [6, 6.07) is 3.61. The lowest BCUT2D eigenvalue weighted by molar-refractivity contribution is 0.210. The third-order valence-electron chi connectivity index (χ3n) is 2.93. The molecular weight excluding hydrogens is 274 g/mol. The van der Waals surface area contributed by atoms with Crippen molar-refractivity contribution in [1.82, 2.24) is 14.8 Å². The summed E-state index contributed by atoms with van der Waals surface area (Å²) in [6.07, 6.45) is 0. The maximum Gasteiger partial charge on any atom is 0.140 e. The van der Waals surface area contributed by atoms with Gasteiger partial charge in [-0.1, -0.05) is 25.4 Å². The number of nitrogen functional groups attached to an aromatic ring is 1. The monoisotopic (exact) mass is 299 g/mol. The predicted octanol–water partition coefficient (Wildman–Crippen LogP) is 2.04. The highest BCUT2D eigenvalue weighted by Crippen LogP contribution is 2.18. The fourth-order valence-corrected chi connectivity index (χ4v) is 2.15. The van der Waals surface area contributed by atoms with Crippen LogP contribution < -0.4 is 11.3 Å². The summed E-state index contributed by atoms with van der Waals surface area (Å²) in [4.78, 5) is 9.00. The number of rotatable bonds is 8. The molecule has 0 aliphatic carbocycles. The van der Waals surface area contributed by atoms with Crippen LogP contribution in [0.4, 0.5) is 5.82 Å². The van der Waals surface area contributed by atoms with Gasteiger partial charge in [0.05, 0.1) is 10.7 Å². The molecule has 1 aromatic rings. The fourth-order valence-electron chi connectivity index (χ4n) is 1.98. The minimum Gasteiger partial charge on any atom is -0.308 e. The van der Waals surface area contributed by atoms with Crippen molar-refractivity contribution < 1.29 is 0 Å². The largest absolute Gasteiger partial charge is 0.308 e. The first-order valence-corrected chi connectivity index (χ1v) is 7.29. The predicted molar refractivity (Wildman–Crippen MR) is 85.7 cm³/mol. The Morgan fingerprint density at radius 2 is 2.00 bits per heavy atom. The second-order valence-electron chi connectivity index (χ2n) is 5.70. The van der Waals surface area contributed by atoms with Gasteiger partial charge in [0.15, 0.2) is 0 Å². The van der Waals surface area contributed by atoms with Gasteiger partial charge in [-0.15, -0.1) is 0 Å². The SMILES string of the molecule is CC(C)CN(CCN(C)C)Cc1nc(NN)ccc1Cl. The minimum atomic E-state index is 0.603. The molecule has 0 amide bonds. The third kappa shape index (κ3) is 6.05. The molecule has 0 radical (unpaired) electrons. The second-order valence-corrected chi connectivity index (χ2v) is 6.11. The normalized spacial score (nSPS) is 11.7. The van der Waals surface area contributed by atoms with Gasteiger partial charge in [-0.3, -0.25) is 4.90 Å². The molecule has 0 atom stereocenters. The van der Waals surface area contributed by atoms with E-state index in [0.717, 1.165) is 31.9 Å². The first kappa shape index (κ1) is 17.2. The van der Waals surface area contributed by atoms with E-state index in [1.165, 1.54) is 0 Å². The topological polar surface area (TPSA) is 57.4 Å². The molecule has 0 spiro atoms. The molecule has 6 heteroatoms. The van der Waals surface area contributed by atoms with Gasteiger partial charge in [0.25, 0.3) is 0 Å². The molecule has 0 saturated heterocycles. The summed E-state index contributed by atoms with van der Waals surface area (Å²) >= 11 is 6.23. The number of nitrogens with zero attached hydrogens (tertiary/aromatic N) is 3. The van der Waals surface area contributed by atoms with Crippen LogP contribution in [-0.2, 0) is 6.54 Å². The van der Waals surface area contributed by atoms with Gasteiger partial charge in [0, 0.05) is 26.2 Å². The van der Waals surface area contributed by atoms with Crippen LogP contribution in [0.15, 0.2) is 12.1 Å². The van der Waals surface area contributed by atoms with Gasteiger partial charge in [-0.2, -0.15) is 0 Å². The lowest BCUT2D eigenvalue weighted by atomic mass is 10.2. The second kappa shape index (κ2) is 8.42. The van der Waals surface area contributed by atoms with E-state index in [1.807, 2.05) is 6.07 Å². The Morgan fingerprint density at radius 3 is 2.55 bits per heavy atom. The molecule has 0 aliphatic heterocycles. The van der Waals surface area contributed by atoms with E-state index in [0.29, 0.717) is 16.8 Å². The first-order valence-electron chi connectivity index (χ1n) is 6.91. The van der Waals surface area contributed by atoms with E-state index < -0.39 is 0 Å². The molecule has 0 aromatic carbocycles. The Morgan fingerprint density at radius 1 is 1.30 bits per heavy atom. The van der Waals surface area contributed by atoms with Crippen LogP contribution >= 0.6 is 11.6 Å². The number of pyridine rings is 1. The third-order valence-corrected chi connectivity index (χ3v) is 3.27. The van der Waals surface area contributed by atoms with Gasteiger partial charge < -0.3 is 10.3 Å². The van der Waals surface area contributed by atoms with Gasteiger partial charge in [-0.25, -0.2) is 10.8 Å². The Labute approximate surface area is 127 Å². The number of likely N-dealkylation sites (N-methyl/N-ethyl adjacent to an activating group) is 1. The summed E-state index contributed by atoms with van der Waals surface area (Å²) in [7, 11) is 4.16.